The lowest BCUT2D eigenvalue weighted by molar-refractivity contribution is -0.133. The Morgan fingerprint density at radius 1 is 1.06 bits per heavy atom. The summed E-state index contributed by atoms with van der Waals surface area (Å²) < 4.78 is 7.65. The van der Waals surface area contributed by atoms with Crippen LogP contribution in [0.1, 0.15) is 0 Å². The molecule has 0 bridgehead atoms. The summed E-state index contributed by atoms with van der Waals surface area (Å²) >= 11 is 16.4. The normalized spacial score (nSPS) is 8.94. The SMILES string of the molecule is C#CC(=O)OC.Oc1c(Br)c(Br)c(Br)c(Br)c1Br. The first kappa shape index (κ1) is 18.4. The summed E-state index contributed by atoms with van der Waals surface area (Å²) in [5, 5.41) is 9.52. The van der Waals surface area contributed by atoms with Crippen LogP contribution in [0.25, 0.3) is 0 Å². The lowest BCUT2D eigenvalue weighted by Gasteiger charge is -2.07. The lowest BCUT2D eigenvalue weighted by atomic mass is 10.3. The zero-order valence-corrected chi connectivity index (χ0v) is 16.7. The van der Waals surface area contributed by atoms with Crippen molar-refractivity contribution in [2.75, 3.05) is 7.11 Å². The van der Waals surface area contributed by atoms with Gasteiger partial charge < -0.3 is 9.84 Å². The van der Waals surface area contributed by atoms with Crippen LogP contribution >= 0.6 is 79.6 Å². The topological polar surface area (TPSA) is 46.5 Å². The lowest BCUT2D eigenvalue weighted by Crippen LogP contribution is -1.92. The van der Waals surface area contributed by atoms with Crippen molar-refractivity contribution in [2.45, 2.75) is 0 Å². The maximum atomic E-state index is 9.72. The fraction of sp³-hybridized carbons (Fsp3) is 0.100. The van der Waals surface area contributed by atoms with Crippen molar-refractivity contribution in [3.8, 4) is 18.1 Å². The van der Waals surface area contributed by atoms with E-state index in [2.05, 4.69) is 90.8 Å². The van der Waals surface area contributed by atoms with Crippen LogP contribution in [-0.2, 0) is 9.53 Å². The van der Waals surface area contributed by atoms with Gasteiger partial charge in [0.25, 0.3) is 0 Å². The van der Waals surface area contributed by atoms with Crippen LogP contribution in [0.4, 0.5) is 0 Å². The number of ether oxygens (including phenoxy) is 1. The van der Waals surface area contributed by atoms with Gasteiger partial charge >= 0.3 is 5.97 Å². The molecule has 0 saturated heterocycles. The van der Waals surface area contributed by atoms with E-state index in [0.29, 0.717) is 8.95 Å². The van der Waals surface area contributed by atoms with Crippen LogP contribution in [0.15, 0.2) is 22.4 Å². The molecule has 0 aromatic heterocycles. The Morgan fingerprint density at radius 3 is 1.61 bits per heavy atom. The fourth-order valence-electron chi connectivity index (χ4n) is 0.652. The minimum atomic E-state index is -0.630. The van der Waals surface area contributed by atoms with Gasteiger partial charge in [-0.05, 0) is 79.6 Å². The number of benzene rings is 1. The monoisotopic (exact) mass is 568 g/mol. The van der Waals surface area contributed by atoms with E-state index in [4.69, 9.17) is 0 Å². The molecule has 18 heavy (non-hydrogen) atoms. The van der Waals surface area contributed by atoms with Gasteiger partial charge in [0.15, 0.2) is 0 Å². The smallest absolute Gasteiger partial charge is 0.383 e. The predicted molar refractivity (Wildman–Crippen MR) is 87.5 cm³/mol. The first-order valence-corrected chi connectivity index (χ1v) is 7.99. The van der Waals surface area contributed by atoms with Gasteiger partial charge in [0.2, 0.25) is 0 Å². The number of aromatic hydroxyl groups is 1. The zero-order chi connectivity index (χ0) is 14.5. The van der Waals surface area contributed by atoms with Gasteiger partial charge in [0, 0.05) is 10.4 Å². The summed E-state index contributed by atoms with van der Waals surface area (Å²) in [7, 11) is 1.24. The number of rotatable bonds is 0. The van der Waals surface area contributed by atoms with Crippen LogP contribution in [-0.4, -0.2) is 18.2 Å². The van der Waals surface area contributed by atoms with E-state index < -0.39 is 5.97 Å². The molecule has 0 saturated carbocycles. The number of carbonyl (C=O) groups is 1. The van der Waals surface area contributed by atoms with Crippen molar-refractivity contribution < 1.29 is 14.6 Å². The third-order valence-corrected chi connectivity index (χ3v) is 7.54. The summed E-state index contributed by atoms with van der Waals surface area (Å²) in [6, 6.07) is 0. The van der Waals surface area contributed by atoms with Gasteiger partial charge in [0.1, 0.15) is 5.75 Å². The van der Waals surface area contributed by atoms with Gasteiger partial charge in [-0.2, -0.15) is 0 Å². The average Bonchev–Trinajstić information content (AvgIpc) is 2.40. The molecular formula is C10H5Br5O3. The molecule has 8 heteroatoms. The molecule has 0 amide bonds. The quantitative estimate of drug-likeness (QED) is 0.157. The molecule has 1 aromatic rings. The maximum absolute atomic E-state index is 9.72. The number of phenolic OH excluding ortho intramolecular Hbond substituents is 1. The number of methoxy groups -OCH3 is 1. The number of hydrogen-bond donors (Lipinski definition) is 1. The molecule has 0 aliphatic carbocycles. The highest BCUT2D eigenvalue weighted by molar-refractivity contribution is 9.15. The molecule has 0 aliphatic heterocycles. The van der Waals surface area contributed by atoms with E-state index in [-0.39, 0.29) is 5.75 Å². The Kier molecular flexibility index (Phi) is 8.80. The van der Waals surface area contributed by atoms with E-state index in [1.54, 1.807) is 5.92 Å². The Hall–Kier alpha value is 0.450. The average molecular weight is 573 g/mol. The highest BCUT2D eigenvalue weighted by Crippen LogP contribution is 2.47. The molecule has 0 atom stereocenters. The maximum Gasteiger partial charge on any atom is 0.383 e. The predicted octanol–water partition coefficient (Wildman–Crippen LogP) is 5.00. The molecule has 98 valence electrons. The van der Waals surface area contributed by atoms with E-state index in [9.17, 15) is 9.90 Å². The Balaban J connectivity index is 0.000000411. The Morgan fingerprint density at radius 2 is 1.39 bits per heavy atom. The van der Waals surface area contributed by atoms with E-state index in [1.165, 1.54) is 7.11 Å². The van der Waals surface area contributed by atoms with Crippen molar-refractivity contribution in [3.63, 3.8) is 0 Å². The van der Waals surface area contributed by atoms with Gasteiger partial charge in [-0.15, -0.1) is 6.42 Å². The van der Waals surface area contributed by atoms with E-state index in [0.717, 1.165) is 13.4 Å². The van der Waals surface area contributed by atoms with Gasteiger partial charge in [-0.3, -0.25) is 0 Å². The molecule has 1 rings (SSSR count). The number of halogens is 5. The van der Waals surface area contributed by atoms with Crippen molar-refractivity contribution in [2.24, 2.45) is 0 Å². The molecule has 0 heterocycles. The van der Waals surface area contributed by atoms with Crippen LogP contribution in [0.3, 0.4) is 0 Å². The van der Waals surface area contributed by atoms with Crippen molar-refractivity contribution in [1.29, 1.82) is 0 Å². The Labute approximate surface area is 146 Å². The van der Waals surface area contributed by atoms with Crippen LogP contribution in [0.5, 0.6) is 5.75 Å². The molecule has 1 N–H and O–H groups in total. The molecule has 0 aliphatic rings. The summed E-state index contributed by atoms with van der Waals surface area (Å²) in [5.41, 5.74) is 0. The number of hydrogen-bond acceptors (Lipinski definition) is 3. The molecule has 1 aromatic carbocycles. The van der Waals surface area contributed by atoms with Gasteiger partial charge in [-0.25, -0.2) is 4.79 Å². The molecule has 0 fully saturated rings. The standard InChI is InChI=1S/C6HBr5O.C4H4O2/c7-1-2(8)4(10)6(12)5(11)3(1)9;1-3-4(5)6-2/h12H;1H,2H3. The van der Waals surface area contributed by atoms with Crippen molar-refractivity contribution >= 4 is 85.6 Å². The first-order valence-electron chi connectivity index (χ1n) is 4.02. The minimum absolute atomic E-state index is 0.164. The summed E-state index contributed by atoms with van der Waals surface area (Å²) in [6.45, 7) is 0. The molecule has 0 spiro atoms. The number of terminal acetylenes is 1. The minimum Gasteiger partial charge on any atom is -0.505 e. The zero-order valence-electron chi connectivity index (χ0n) is 8.73. The van der Waals surface area contributed by atoms with Gasteiger partial charge in [-0.1, -0.05) is 0 Å². The van der Waals surface area contributed by atoms with Crippen LogP contribution in [0.2, 0.25) is 0 Å². The van der Waals surface area contributed by atoms with Crippen LogP contribution in [0, 0.1) is 12.3 Å². The Bertz CT molecular complexity index is 402. The van der Waals surface area contributed by atoms with Crippen molar-refractivity contribution in [1.82, 2.24) is 0 Å². The molecular weight excluding hydrogens is 568 g/mol. The summed E-state index contributed by atoms with van der Waals surface area (Å²) in [6.07, 6.45) is 4.56. The van der Waals surface area contributed by atoms with Gasteiger partial charge in [0.05, 0.1) is 25.0 Å². The fourth-order valence-corrected chi connectivity index (χ4v) is 3.68. The third kappa shape index (κ3) is 4.85. The van der Waals surface area contributed by atoms with E-state index in [1.807, 2.05) is 0 Å². The second kappa shape index (κ2) is 8.59. The number of esters is 1. The molecule has 3 nitrogen and oxygen atoms in total. The highest BCUT2D eigenvalue weighted by atomic mass is 79.9. The second-order valence-electron chi connectivity index (χ2n) is 2.55. The van der Waals surface area contributed by atoms with Crippen LogP contribution < -0.4 is 0 Å². The van der Waals surface area contributed by atoms with E-state index >= 15 is 0 Å². The number of phenols is 1. The largest absolute Gasteiger partial charge is 0.505 e. The highest BCUT2D eigenvalue weighted by Gasteiger charge is 2.16. The molecule has 0 unspecified atom stereocenters. The summed E-state index contributed by atoms with van der Waals surface area (Å²) in [5.74, 6) is 1.29. The molecule has 0 radical (unpaired) electrons. The number of carbonyl (C=O) groups excluding carboxylic acids is 1. The second-order valence-corrected chi connectivity index (χ2v) is 6.52. The third-order valence-electron chi connectivity index (χ3n) is 1.49. The van der Waals surface area contributed by atoms with Crippen molar-refractivity contribution in [3.05, 3.63) is 22.4 Å². The first-order chi connectivity index (χ1) is 8.27. The summed E-state index contributed by atoms with van der Waals surface area (Å²) in [4.78, 5) is 9.72.